The lowest BCUT2D eigenvalue weighted by atomic mass is 10.3. The van der Waals surface area contributed by atoms with Crippen LogP contribution in [0.4, 0.5) is 0 Å². The molecule has 2 aliphatic heterocycles. The molecule has 0 aliphatic carbocycles. The van der Waals surface area contributed by atoms with Crippen LogP contribution in [0.3, 0.4) is 0 Å². The Balaban J connectivity index is 1.60. The molecule has 3 aromatic heterocycles. The summed E-state index contributed by atoms with van der Waals surface area (Å²) in [5, 5.41) is 0. The molecule has 0 atom stereocenters. The van der Waals surface area contributed by atoms with Crippen molar-refractivity contribution in [2.75, 3.05) is 0 Å². The number of fused-ring (bicyclic) bond motifs is 8. The van der Waals surface area contributed by atoms with Crippen LogP contribution in [-0.2, 0) is 10.1 Å². The number of nitrogens with zero attached hydrogens (tertiary/aromatic N) is 2. The van der Waals surface area contributed by atoms with Gasteiger partial charge in [-0.1, -0.05) is 18.2 Å². The predicted molar refractivity (Wildman–Crippen MR) is 133 cm³/mol. The largest absolute Gasteiger partial charge is 0.379 e. The van der Waals surface area contributed by atoms with Gasteiger partial charge in [-0.05, 0) is 78.9 Å². The molecule has 2 aliphatic rings. The van der Waals surface area contributed by atoms with Crippen molar-refractivity contribution < 1.29 is 12.6 Å². The quantitative estimate of drug-likeness (QED) is 0.339. The number of H-pyrrole nitrogens is 2. The Morgan fingerprint density at radius 3 is 1.94 bits per heavy atom. The van der Waals surface area contributed by atoms with E-state index in [4.69, 9.17) is 4.18 Å². The van der Waals surface area contributed by atoms with Crippen LogP contribution in [0.1, 0.15) is 22.8 Å². The average molecular weight is 467 g/mol. The molecule has 0 fully saturated rings. The molecule has 6 rings (SSSR count). The fraction of sp³-hybridized carbons (Fsp3) is 0. The van der Waals surface area contributed by atoms with Gasteiger partial charge >= 0.3 is 10.1 Å². The van der Waals surface area contributed by atoms with Crippen LogP contribution in [0.25, 0.3) is 46.4 Å². The van der Waals surface area contributed by atoms with Gasteiger partial charge in [-0.15, -0.1) is 0 Å². The summed E-state index contributed by atoms with van der Waals surface area (Å²) in [5.41, 5.74) is 5.65. The molecule has 166 valence electrons. The Hall–Kier alpha value is -4.43. The second-order valence-electron chi connectivity index (χ2n) is 7.89. The molecular formula is C26H18N4O3S. The zero-order chi connectivity index (χ0) is 23.1. The van der Waals surface area contributed by atoms with Gasteiger partial charge in [0.2, 0.25) is 0 Å². The maximum absolute atomic E-state index is 13.2. The molecular weight excluding hydrogens is 448 g/mol. The van der Waals surface area contributed by atoms with E-state index in [0.29, 0.717) is 16.7 Å². The molecule has 0 saturated heterocycles. The number of aromatic nitrogens is 4. The average Bonchev–Trinajstić information content (AvgIpc) is 3.59. The number of para-hydroxylation sites is 1. The minimum absolute atomic E-state index is 0.0284. The number of hydrogen-bond donors (Lipinski definition) is 2. The van der Waals surface area contributed by atoms with Crippen molar-refractivity contribution in [3.8, 4) is 5.75 Å². The van der Waals surface area contributed by atoms with Crippen molar-refractivity contribution in [3.05, 3.63) is 95.6 Å². The minimum Gasteiger partial charge on any atom is -0.379 e. The lowest BCUT2D eigenvalue weighted by Gasteiger charge is -2.05. The van der Waals surface area contributed by atoms with Crippen LogP contribution in [-0.4, -0.2) is 28.4 Å². The first-order valence-electron chi connectivity index (χ1n) is 10.6. The Labute approximate surface area is 195 Å². The third-order valence-electron chi connectivity index (χ3n) is 5.35. The topological polar surface area (TPSA) is 101 Å². The molecule has 4 aromatic rings. The molecule has 8 bridgehead atoms. The minimum atomic E-state index is -4.10. The van der Waals surface area contributed by atoms with E-state index in [-0.39, 0.29) is 10.6 Å². The van der Waals surface area contributed by atoms with Gasteiger partial charge in [0, 0.05) is 16.6 Å². The van der Waals surface area contributed by atoms with Gasteiger partial charge in [0.15, 0.2) is 0 Å². The molecule has 1 aromatic carbocycles. The highest BCUT2D eigenvalue weighted by Gasteiger charge is 2.21. The predicted octanol–water partition coefficient (Wildman–Crippen LogP) is 5.42. The van der Waals surface area contributed by atoms with E-state index in [1.807, 2.05) is 54.6 Å². The number of benzene rings is 1. The summed E-state index contributed by atoms with van der Waals surface area (Å²) in [4.78, 5) is 15.7. The maximum Gasteiger partial charge on any atom is 0.341 e. The second-order valence-corrected chi connectivity index (χ2v) is 9.40. The highest BCUT2D eigenvalue weighted by molar-refractivity contribution is 7.87. The number of hydrogen-bond acceptors (Lipinski definition) is 5. The molecule has 5 heterocycles. The highest BCUT2D eigenvalue weighted by Crippen LogP contribution is 2.25. The summed E-state index contributed by atoms with van der Waals surface area (Å²) in [6.07, 6.45) is 7.57. The third-order valence-corrected chi connectivity index (χ3v) is 6.64. The zero-order valence-corrected chi connectivity index (χ0v) is 18.6. The molecule has 0 spiro atoms. The Kier molecular flexibility index (Phi) is 4.67. The molecule has 0 radical (unpaired) electrons. The van der Waals surface area contributed by atoms with E-state index in [0.717, 1.165) is 28.1 Å². The van der Waals surface area contributed by atoms with E-state index < -0.39 is 10.1 Å². The van der Waals surface area contributed by atoms with E-state index in [2.05, 4.69) is 19.9 Å². The van der Waals surface area contributed by atoms with Crippen LogP contribution in [0.15, 0.2) is 77.7 Å². The number of nitrogens with one attached hydrogen (secondary N) is 2. The van der Waals surface area contributed by atoms with Crippen molar-refractivity contribution in [3.63, 3.8) is 0 Å². The first-order chi connectivity index (χ1) is 16.5. The summed E-state index contributed by atoms with van der Waals surface area (Å²) >= 11 is 0. The molecule has 0 saturated carbocycles. The molecule has 34 heavy (non-hydrogen) atoms. The van der Waals surface area contributed by atoms with Crippen LogP contribution in [0.2, 0.25) is 0 Å². The molecule has 0 amide bonds. The summed E-state index contributed by atoms with van der Waals surface area (Å²) in [6.45, 7) is 0. The van der Waals surface area contributed by atoms with Crippen LogP contribution >= 0.6 is 0 Å². The number of rotatable bonds is 3. The summed E-state index contributed by atoms with van der Waals surface area (Å²) in [7, 11) is -4.10. The van der Waals surface area contributed by atoms with E-state index in [9.17, 15) is 8.42 Å². The second kappa shape index (κ2) is 7.86. The van der Waals surface area contributed by atoms with Crippen LogP contribution in [0.5, 0.6) is 5.75 Å². The summed E-state index contributed by atoms with van der Waals surface area (Å²) in [5.74, 6) is 0.243. The third kappa shape index (κ3) is 4.02. The van der Waals surface area contributed by atoms with Gasteiger partial charge < -0.3 is 14.2 Å². The fourth-order valence-corrected chi connectivity index (χ4v) is 4.95. The smallest absolute Gasteiger partial charge is 0.341 e. The molecule has 2 N–H and O–H groups in total. The van der Waals surface area contributed by atoms with Crippen molar-refractivity contribution >= 4 is 56.5 Å². The zero-order valence-electron chi connectivity index (χ0n) is 17.8. The Morgan fingerprint density at radius 2 is 1.24 bits per heavy atom. The van der Waals surface area contributed by atoms with Crippen molar-refractivity contribution in [1.29, 1.82) is 0 Å². The van der Waals surface area contributed by atoms with Gasteiger partial charge in [-0.25, -0.2) is 9.97 Å². The van der Waals surface area contributed by atoms with Crippen LogP contribution in [0, 0.1) is 0 Å². The van der Waals surface area contributed by atoms with Gasteiger partial charge in [-0.3, -0.25) is 0 Å². The highest BCUT2D eigenvalue weighted by atomic mass is 32.2. The first-order valence-corrected chi connectivity index (χ1v) is 12.0. The standard InChI is InChI=1S/C26H18N4O3S/c31-34(32,33-24-4-2-1-3-5-24)26-16-23-14-21-9-8-19(28-21)12-17-6-7-18(27-17)13-20-10-11-22(29-20)15-25(26)30-23/h1-16,28,30H. The lowest BCUT2D eigenvalue weighted by Crippen LogP contribution is -2.09. The lowest BCUT2D eigenvalue weighted by molar-refractivity contribution is 0.487. The first kappa shape index (κ1) is 20.2. The van der Waals surface area contributed by atoms with Gasteiger partial charge in [0.1, 0.15) is 10.6 Å². The summed E-state index contributed by atoms with van der Waals surface area (Å²) < 4.78 is 31.8. The SMILES string of the molecule is O=S(=O)(Oc1ccccc1)c1cc2cc3ccc(cc4nc(cc5nc(cc1[nH]2)C=C5)C=C4)[nH]3. The molecule has 8 heteroatoms. The molecule has 7 nitrogen and oxygen atoms in total. The Bertz CT molecular complexity index is 1750. The Morgan fingerprint density at radius 1 is 0.618 bits per heavy atom. The monoisotopic (exact) mass is 466 g/mol. The van der Waals surface area contributed by atoms with Gasteiger partial charge in [0.25, 0.3) is 0 Å². The van der Waals surface area contributed by atoms with Crippen molar-refractivity contribution in [2.45, 2.75) is 4.90 Å². The van der Waals surface area contributed by atoms with E-state index in [1.54, 1.807) is 42.5 Å². The molecule has 0 unspecified atom stereocenters. The van der Waals surface area contributed by atoms with E-state index in [1.165, 1.54) is 0 Å². The fourth-order valence-electron chi connectivity index (χ4n) is 3.85. The van der Waals surface area contributed by atoms with Gasteiger partial charge in [-0.2, -0.15) is 8.42 Å². The van der Waals surface area contributed by atoms with Crippen LogP contribution < -0.4 is 4.18 Å². The maximum atomic E-state index is 13.2. The summed E-state index contributed by atoms with van der Waals surface area (Å²) in [6, 6.07) is 21.2. The van der Waals surface area contributed by atoms with E-state index >= 15 is 0 Å². The normalized spacial score (nSPS) is 12.7. The van der Waals surface area contributed by atoms with Crippen molar-refractivity contribution in [1.82, 2.24) is 19.9 Å². The van der Waals surface area contributed by atoms with Gasteiger partial charge in [0.05, 0.1) is 28.3 Å². The van der Waals surface area contributed by atoms with Crippen molar-refractivity contribution in [2.24, 2.45) is 0 Å². The number of aromatic amines is 2.